The van der Waals surface area contributed by atoms with E-state index in [9.17, 15) is 17.2 Å². The van der Waals surface area contributed by atoms with Crippen LogP contribution < -0.4 is 4.72 Å². The molecule has 0 fully saturated rings. The van der Waals surface area contributed by atoms with E-state index < -0.39 is 28.2 Å². The molecular weight excluding hydrogens is 188 g/mol. The number of nitrogens with one attached hydrogen (secondary N) is 1. The monoisotopic (exact) mass is 193 g/mol. The molecule has 0 aliphatic carbocycles. The molecule has 0 bridgehead atoms. The van der Waals surface area contributed by atoms with Crippen molar-refractivity contribution in [3.8, 4) is 0 Å². The summed E-state index contributed by atoms with van der Waals surface area (Å²) in [5, 5.41) is -0.695. The highest BCUT2D eigenvalue weighted by Gasteiger charge is 2.10. The third-order valence-corrected chi connectivity index (χ3v) is 2.36. The average Bonchev–Trinajstić information content (AvgIpc) is 1.85. The second kappa shape index (κ2) is 4.05. The first-order chi connectivity index (χ1) is 4.48. The Hall–Kier alpha value is 0.0600. The van der Waals surface area contributed by atoms with Crippen LogP contribution in [0, 0.1) is 0 Å². The lowest BCUT2D eigenvalue weighted by molar-refractivity contribution is 0.153. The van der Waals surface area contributed by atoms with Crippen molar-refractivity contribution in [2.24, 2.45) is 0 Å². The lowest BCUT2D eigenvalue weighted by atomic mass is 10.7. The van der Waals surface area contributed by atoms with Crippen molar-refractivity contribution in [1.82, 2.24) is 4.72 Å². The molecule has 0 heterocycles. The molecule has 10 heavy (non-hydrogen) atoms. The molecule has 3 nitrogen and oxygen atoms in total. The standard InChI is InChI=1S/C3H6ClF2NO2S/c4-2-10(8,9)7-1-3(5)6/h3,7H,1-2H2. The van der Waals surface area contributed by atoms with Crippen LogP contribution in [0.2, 0.25) is 0 Å². The smallest absolute Gasteiger partial charge is 0.211 e. The fourth-order valence-corrected chi connectivity index (χ4v) is 0.917. The maximum atomic E-state index is 11.3. The molecule has 7 heteroatoms. The van der Waals surface area contributed by atoms with Gasteiger partial charge in [-0.25, -0.2) is 21.9 Å². The number of rotatable bonds is 4. The van der Waals surface area contributed by atoms with E-state index in [4.69, 9.17) is 11.6 Å². The van der Waals surface area contributed by atoms with Gasteiger partial charge in [0.25, 0.3) is 6.43 Å². The topological polar surface area (TPSA) is 46.2 Å². The Morgan fingerprint density at radius 2 is 2.00 bits per heavy atom. The van der Waals surface area contributed by atoms with E-state index in [-0.39, 0.29) is 0 Å². The van der Waals surface area contributed by atoms with E-state index in [1.807, 2.05) is 0 Å². The highest BCUT2D eigenvalue weighted by atomic mass is 35.5. The van der Waals surface area contributed by atoms with Gasteiger partial charge in [-0.1, -0.05) is 0 Å². The Bertz CT molecular complexity index is 181. The third-order valence-electron chi connectivity index (χ3n) is 0.601. The first-order valence-electron chi connectivity index (χ1n) is 2.29. The van der Waals surface area contributed by atoms with Crippen LogP contribution in [-0.2, 0) is 10.0 Å². The molecule has 0 aliphatic heterocycles. The van der Waals surface area contributed by atoms with Crippen LogP contribution in [-0.4, -0.2) is 26.6 Å². The summed E-state index contributed by atoms with van der Waals surface area (Å²) in [6.45, 7) is -0.880. The molecular formula is C3H6ClF2NO2S. The first kappa shape index (κ1) is 10.1. The van der Waals surface area contributed by atoms with Crippen molar-refractivity contribution in [2.45, 2.75) is 6.43 Å². The van der Waals surface area contributed by atoms with Crippen LogP contribution in [0.5, 0.6) is 0 Å². The van der Waals surface area contributed by atoms with E-state index in [1.165, 1.54) is 0 Å². The van der Waals surface area contributed by atoms with Crippen LogP contribution in [0.15, 0.2) is 0 Å². The second-order valence-electron chi connectivity index (χ2n) is 1.46. The fourth-order valence-electron chi connectivity index (χ4n) is 0.229. The number of sulfonamides is 1. The highest BCUT2D eigenvalue weighted by Crippen LogP contribution is 1.92. The van der Waals surface area contributed by atoms with Gasteiger partial charge in [-0.15, -0.1) is 11.6 Å². The molecule has 62 valence electrons. The Morgan fingerprint density at radius 3 is 2.30 bits per heavy atom. The zero-order valence-corrected chi connectivity index (χ0v) is 6.42. The summed E-state index contributed by atoms with van der Waals surface area (Å²) >= 11 is 4.88. The molecule has 0 saturated carbocycles. The van der Waals surface area contributed by atoms with E-state index in [1.54, 1.807) is 4.72 Å². The highest BCUT2D eigenvalue weighted by molar-refractivity contribution is 7.90. The van der Waals surface area contributed by atoms with Crippen molar-refractivity contribution >= 4 is 21.6 Å². The first-order valence-corrected chi connectivity index (χ1v) is 4.48. The Morgan fingerprint density at radius 1 is 1.50 bits per heavy atom. The number of hydrogen-bond acceptors (Lipinski definition) is 2. The van der Waals surface area contributed by atoms with Crippen LogP contribution in [0.4, 0.5) is 8.78 Å². The zero-order chi connectivity index (χ0) is 8.20. The maximum absolute atomic E-state index is 11.3. The summed E-state index contributed by atoms with van der Waals surface area (Å²) in [5.41, 5.74) is 0. The molecule has 0 amide bonds. The quantitative estimate of drug-likeness (QED) is 0.656. The van der Waals surface area contributed by atoms with E-state index >= 15 is 0 Å². The number of alkyl halides is 3. The van der Waals surface area contributed by atoms with Crippen molar-refractivity contribution < 1.29 is 17.2 Å². The number of halogens is 3. The SMILES string of the molecule is O=S(=O)(CCl)NCC(F)F. The largest absolute Gasteiger partial charge is 0.251 e. The van der Waals surface area contributed by atoms with Crippen LogP contribution in [0.3, 0.4) is 0 Å². The molecule has 0 saturated heterocycles. The van der Waals surface area contributed by atoms with Gasteiger partial charge in [0.05, 0.1) is 6.54 Å². The molecule has 0 rings (SSSR count). The van der Waals surface area contributed by atoms with E-state index in [2.05, 4.69) is 0 Å². The lowest BCUT2D eigenvalue weighted by Crippen LogP contribution is -2.29. The summed E-state index contributed by atoms with van der Waals surface area (Å²) in [5.74, 6) is 0. The van der Waals surface area contributed by atoms with Crippen molar-refractivity contribution in [3.05, 3.63) is 0 Å². The minimum Gasteiger partial charge on any atom is -0.211 e. The molecule has 0 aromatic rings. The van der Waals surface area contributed by atoms with E-state index in [0.717, 1.165) is 0 Å². The Labute approximate surface area is 62.4 Å². The van der Waals surface area contributed by atoms with E-state index in [0.29, 0.717) is 0 Å². The van der Waals surface area contributed by atoms with Crippen LogP contribution in [0.25, 0.3) is 0 Å². The summed E-state index contributed by atoms with van der Waals surface area (Å²) in [4.78, 5) is 0. The Balaban J connectivity index is 3.70. The molecule has 0 radical (unpaired) electrons. The second-order valence-corrected chi connectivity index (χ2v) is 3.85. The normalized spacial score (nSPS) is 12.4. The molecule has 0 atom stereocenters. The molecule has 0 spiro atoms. The summed E-state index contributed by atoms with van der Waals surface area (Å²) in [6, 6.07) is 0. The third kappa shape index (κ3) is 4.89. The van der Waals surface area contributed by atoms with Crippen molar-refractivity contribution in [3.63, 3.8) is 0 Å². The van der Waals surface area contributed by atoms with Gasteiger partial charge in [0.1, 0.15) is 5.21 Å². The molecule has 1 N–H and O–H groups in total. The van der Waals surface area contributed by atoms with Crippen molar-refractivity contribution in [2.75, 3.05) is 11.8 Å². The summed E-state index contributed by atoms with van der Waals surface area (Å²) in [7, 11) is -3.68. The van der Waals surface area contributed by atoms with Crippen LogP contribution >= 0.6 is 11.6 Å². The molecule has 0 aromatic heterocycles. The minimum absolute atomic E-state index is 0.695. The zero-order valence-electron chi connectivity index (χ0n) is 4.85. The Kier molecular flexibility index (Phi) is 4.07. The average molecular weight is 194 g/mol. The minimum atomic E-state index is -3.68. The lowest BCUT2D eigenvalue weighted by Gasteiger charge is -2.00. The van der Waals surface area contributed by atoms with Gasteiger partial charge >= 0.3 is 0 Å². The van der Waals surface area contributed by atoms with Gasteiger partial charge in [-0.2, -0.15) is 0 Å². The summed E-state index contributed by atoms with van der Waals surface area (Å²) in [6.07, 6.45) is -2.68. The van der Waals surface area contributed by atoms with Gasteiger partial charge < -0.3 is 0 Å². The van der Waals surface area contributed by atoms with Gasteiger partial charge in [-0.05, 0) is 0 Å². The van der Waals surface area contributed by atoms with Crippen LogP contribution in [0.1, 0.15) is 0 Å². The predicted molar refractivity (Wildman–Crippen MR) is 33.6 cm³/mol. The predicted octanol–water partition coefficient (Wildman–Crippen LogP) is 0.367. The molecule has 0 aliphatic rings. The molecule has 0 unspecified atom stereocenters. The van der Waals surface area contributed by atoms with Gasteiger partial charge in [0.2, 0.25) is 10.0 Å². The van der Waals surface area contributed by atoms with Gasteiger partial charge in [0, 0.05) is 0 Å². The van der Waals surface area contributed by atoms with Gasteiger partial charge in [-0.3, -0.25) is 0 Å². The number of hydrogen-bond donors (Lipinski definition) is 1. The fraction of sp³-hybridized carbons (Fsp3) is 1.00. The van der Waals surface area contributed by atoms with Gasteiger partial charge in [0.15, 0.2) is 0 Å². The summed E-state index contributed by atoms with van der Waals surface area (Å²) < 4.78 is 44.9. The molecule has 0 aromatic carbocycles. The van der Waals surface area contributed by atoms with Crippen molar-refractivity contribution in [1.29, 1.82) is 0 Å². The maximum Gasteiger partial charge on any atom is 0.251 e.